The fourth-order valence-corrected chi connectivity index (χ4v) is 2.97. The maximum atomic E-state index is 4.24. The van der Waals surface area contributed by atoms with Crippen molar-refractivity contribution in [1.29, 1.82) is 0 Å². The largest absolute Gasteiger partial charge is 0.375 e. The van der Waals surface area contributed by atoms with E-state index >= 15 is 0 Å². The average Bonchev–Trinajstić information content (AvgIpc) is 2.29. The smallest absolute Gasteiger partial charge is 0.107 e. The molecular weight excluding hydrogens is 212 g/mol. The lowest BCUT2D eigenvalue weighted by Crippen LogP contribution is -2.18. The molecule has 0 saturated heterocycles. The van der Waals surface area contributed by atoms with Gasteiger partial charge < -0.3 is 5.32 Å². The first-order valence-electron chi connectivity index (χ1n) is 4.29. The minimum atomic E-state index is 0.340. The summed E-state index contributed by atoms with van der Waals surface area (Å²) in [6.07, 6.45) is 9.93. The van der Waals surface area contributed by atoms with E-state index in [1.54, 1.807) is 21.6 Å². The quantitative estimate of drug-likeness (QED) is 0.795. The maximum Gasteiger partial charge on any atom is 0.107 e. The van der Waals surface area contributed by atoms with Gasteiger partial charge in [0.15, 0.2) is 0 Å². The highest BCUT2D eigenvalue weighted by Gasteiger charge is 2.05. The van der Waals surface area contributed by atoms with Gasteiger partial charge in [-0.05, 0) is 35.2 Å². The number of hydrogen-bond donors (Lipinski definition) is 1. The number of aromatic nitrogens is 1. The second-order valence-electron chi connectivity index (χ2n) is 2.68. The van der Waals surface area contributed by atoms with Crippen LogP contribution in [0.2, 0.25) is 0 Å². The molecular formula is C10H10N2S2. The Labute approximate surface area is 91.3 Å². The third-order valence-corrected chi connectivity index (χ3v) is 4.06. The average molecular weight is 222 g/mol. The molecule has 0 spiro atoms. The van der Waals surface area contributed by atoms with Crippen LogP contribution in [0.3, 0.4) is 0 Å². The fraction of sp³-hybridized carbons (Fsp3) is 0.100. The Bertz CT molecular complexity index is 335. The van der Waals surface area contributed by atoms with Crippen LogP contribution in [0.5, 0.6) is 0 Å². The van der Waals surface area contributed by atoms with Crippen LogP contribution in [-0.2, 0) is 0 Å². The van der Waals surface area contributed by atoms with Gasteiger partial charge >= 0.3 is 0 Å². The molecule has 1 aliphatic heterocycles. The lowest BCUT2D eigenvalue weighted by Gasteiger charge is -2.13. The monoisotopic (exact) mass is 222 g/mol. The standard InChI is InChI=1S/C10H10N2S2/c1-3-7-11-9(5-1)13-14-10-6-2-4-8-12-10/h1-9,11H. The Kier molecular flexibility index (Phi) is 3.54. The minimum absolute atomic E-state index is 0.340. The Balaban J connectivity index is 1.83. The van der Waals surface area contributed by atoms with Crippen LogP contribution in [0.4, 0.5) is 0 Å². The summed E-state index contributed by atoms with van der Waals surface area (Å²) in [7, 11) is 3.44. The molecule has 0 amide bonds. The van der Waals surface area contributed by atoms with Crippen LogP contribution in [0, 0.1) is 0 Å². The van der Waals surface area contributed by atoms with Crippen LogP contribution in [0.15, 0.2) is 53.8 Å². The molecule has 2 heterocycles. The van der Waals surface area contributed by atoms with Gasteiger partial charge in [-0.3, -0.25) is 0 Å². The number of allylic oxidation sites excluding steroid dienone is 2. The van der Waals surface area contributed by atoms with Crippen LogP contribution in [0.1, 0.15) is 0 Å². The van der Waals surface area contributed by atoms with Gasteiger partial charge in [-0.15, -0.1) is 0 Å². The minimum Gasteiger partial charge on any atom is -0.375 e. The molecule has 1 atom stereocenters. The van der Waals surface area contributed by atoms with Gasteiger partial charge in [-0.2, -0.15) is 0 Å². The Morgan fingerprint density at radius 2 is 2.29 bits per heavy atom. The zero-order valence-electron chi connectivity index (χ0n) is 7.46. The zero-order valence-corrected chi connectivity index (χ0v) is 9.09. The molecule has 0 radical (unpaired) electrons. The molecule has 4 heteroatoms. The predicted octanol–water partition coefficient (Wildman–Crippen LogP) is 2.82. The van der Waals surface area contributed by atoms with Gasteiger partial charge in [-0.25, -0.2) is 4.98 Å². The van der Waals surface area contributed by atoms with Gasteiger partial charge in [0.2, 0.25) is 0 Å². The highest BCUT2D eigenvalue weighted by Crippen LogP contribution is 2.32. The maximum absolute atomic E-state index is 4.24. The van der Waals surface area contributed by atoms with Crippen molar-refractivity contribution in [3.8, 4) is 0 Å². The Morgan fingerprint density at radius 3 is 3.00 bits per heavy atom. The molecule has 1 aromatic heterocycles. The van der Waals surface area contributed by atoms with Crippen molar-refractivity contribution < 1.29 is 0 Å². The third-order valence-electron chi connectivity index (χ3n) is 1.63. The summed E-state index contributed by atoms with van der Waals surface area (Å²) < 4.78 is 0. The molecule has 0 bridgehead atoms. The third kappa shape index (κ3) is 2.82. The Hall–Kier alpha value is -0.870. The number of dihydropyridines is 1. The summed E-state index contributed by atoms with van der Waals surface area (Å²) in [6, 6.07) is 5.94. The highest BCUT2D eigenvalue weighted by molar-refractivity contribution is 8.76. The number of hydrogen-bond acceptors (Lipinski definition) is 4. The topological polar surface area (TPSA) is 24.9 Å². The van der Waals surface area contributed by atoms with E-state index in [4.69, 9.17) is 0 Å². The normalized spacial score (nSPS) is 19.3. The number of nitrogens with one attached hydrogen (secondary N) is 1. The lowest BCUT2D eigenvalue weighted by atomic mass is 10.4. The van der Waals surface area contributed by atoms with Crippen molar-refractivity contribution in [1.82, 2.24) is 10.3 Å². The molecule has 0 aromatic carbocycles. The van der Waals surface area contributed by atoms with Gasteiger partial charge in [-0.1, -0.05) is 29.0 Å². The summed E-state index contributed by atoms with van der Waals surface area (Å²) >= 11 is 0. The van der Waals surface area contributed by atoms with Crippen LogP contribution in [-0.4, -0.2) is 10.4 Å². The van der Waals surface area contributed by atoms with Gasteiger partial charge in [0, 0.05) is 6.20 Å². The number of pyridine rings is 1. The SMILES string of the molecule is C1=CNC(SSc2ccccn2)C=C1. The molecule has 1 aromatic rings. The van der Waals surface area contributed by atoms with E-state index in [-0.39, 0.29) is 0 Å². The van der Waals surface area contributed by atoms with Crippen molar-refractivity contribution in [2.45, 2.75) is 10.4 Å². The van der Waals surface area contributed by atoms with Crippen LogP contribution < -0.4 is 5.32 Å². The summed E-state index contributed by atoms with van der Waals surface area (Å²) in [5.41, 5.74) is 0. The zero-order chi connectivity index (χ0) is 9.64. The predicted molar refractivity (Wildman–Crippen MR) is 62.9 cm³/mol. The van der Waals surface area contributed by atoms with E-state index < -0.39 is 0 Å². The molecule has 0 fully saturated rings. The van der Waals surface area contributed by atoms with E-state index in [9.17, 15) is 0 Å². The van der Waals surface area contributed by atoms with E-state index in [0.29, 0.717) is 5.37 Å². The van der Waals surface area contributed by atoms with Gasteiger partial charge in [0.05, 0.1) is 0 Å². The van der Waals surface area contributed by atoms with Gasteiger partial charge in [0.1, 0.15) is 10.4 Å². The summed E-state index contributed by atoms with van der Waals surface area (Å²) in [5.74, 6) is 0. The van der Waals surface area contributed by atoms with Crippen molar-refractivity contribution in [3.05, 3.63) is 48.8 Å². The molecule has 1 aliphatic rings. The molecule has 72 valence electrons. The first-order valence-corrected chi connectivity index (χ1v) is 6.50. The lowest BCUT2D eigenvalue weighted by molar-refractivity contribution is 0.918. The second kappa shape index (κ2) is 5.12. The highest BCUT2D eigenvalue weighted by atomic mass is 33.1. The van der Waals surface area contributed by atoms with Crippen molar-refractivity contribution in [2.75, 3.05) is 0 Å². The summed E-state index contributed by atoms with van der Waals surface area (Å²) in [6.45, 7) is 0. The summed E-state index contributed by atoms with van der Waals surface area (Å²) in [4.78, 5) is 4.24. The molecule has 14 heavy (non-hydrogen) atoms. The molecule has 2 rings (SSSR count). The van der Waals surface area contributed by atoms with E-state index in [1.165, 1.54) is 0 Å². The molecule has 0 aliphatic carbocycles. The van der Waals surface area contributed by atoms with Crippen LogP contribution >= 0.6 is 21.6 Å². The first-order chi connectivity index (χ1) is 6.95. The van der Waals surface area contributed by atoms with Gasteiger partial charge in [0.25, 0.3) is 0 Å². The van der Waals surface area contributed by atoms with Crippen molar-refractivity contribution in [2.24, 2.45) is 0 Å². The van der Waals surface area contributed by atoms with Crippen molar-refractivity contribution in [3.63, 3.8) is 0 Å². The van der Waals surface area contributed by atoms with E-state index in [2.05, 4.69) is 16.4 Å². The van der Waals surface area contributed by atoms with E-state index in [1.807, 2.05) is 42.7 Å². The van der Waals surface area contributed by atoms with Crippen molar-refractivity contribution >= 4 is 21.6 Å². The number of rotatable bonds is 3. The molecule has 1 unspecified atom stereocenters. The fourth-order valence-electron chi connectivity index (χ4n) is 0.984. The second-order valence-corrected chi connectivity index (χ2v) is 5.04. The van der Waals surface area contributed by atoms with E-state index in [0.717, 1.165) is 5.03 Å². The molecule has 2 nitrogen and oxygen atoms in total. The Morgan fingerprint density at radius 1 is 1.29 bits per heavy atom. The van der Waals surface area contributed by atoms with Crippen LogP contribution in [0.25, 0.3) is 0 Å². The molecule has 1 N–H and O–H groups in total. The molecule has 0 saturated carbocycles. The first kappa shape index (κ1) is 9.68. The number of nitrogens with zero attached hydrogens (tertiary/aromatic N) is 1. The summed E-state index contributed by atoms with van der Waals surface area (Å²) in [5, 5.41) is 4.62.